The number of nitrogens with zero attached hydrogens (tertiary/aromatic N) is 3. The molecule has 0 bridgehead atoms. The second kappa shape index (κ2) is 7.01. The lowest BCUT2D eigenvalue weighted by Gasteiger charge is -2.28. The molecule has 2 heterocycles. The Balaban J connectivity index is 1.59. The lowest BCUT2D eigenvalue weighted by atomic mass is 10.1. The van der Waals surface area contributed by atoms with Crippen LogP contribution in [0.2, 0.25) is 0 Å². The first-order chi connectivity index (χ1) is 11.0. The van der Waals surface area contributed by atoms with E-state index in [0.29, 0.717) is 18.2 Å². The van der Waals surface area contributed by atoms with Crippen LogP contribution in [0.1, 0.15) is 55.8 Å². The van der Waals surface area contributed by atoms with Crippen molar-refractivity contribution in [1.29, 1.82) is 0 Å². The molecule has 1 aliphatic carbocycles. The number of likely N-dealkylation sites (tertiary alicyclic amines) is 1. The second-order valence-corrected chi connectivity index (χ2v) is 7.18. The van der Waals surface area contributed by atoms with Gasteiger partial charge in [0.05, 0.1) is 12.6 Å². The van der Waals surface area contributed by atoms with Gasteiger partial charge in [-0.3, -0.25) is 9.69 Å². The van der Waals surface area contributed by atoms with Gasteiger partial charge in [-0.05, 0) is 45.4 Å². The molecule has 1 saturated carbocycles. The van der Waals surface area contributed by atoms with E-state index in [2.05, 4.69) is 10.1 Å². The number of amides is 1. The van der Waals surface area contributed by atoms with Crippen LogP contribution in [0.5, 0.6) is 0 Å². The highest BCUT2D eigenvalue weighted by Gasteiger charge is 2.30. The highest BCUT2D eigenvalue weighted by molar-refractivity contribution is 5.92. The van der Waals surface area contributed by atoms with Crippen molar-refractivity contribution >= 4 is 5.91 Å². The fraction of sp³-hybridized carbons (Fsp3) is 0.765. The first kappa shape index (κ1) is 16.5. The predicted octanol–water partition coefficient (Wildman–Crippen LogP) is 1.89. The van der Waals surface area contributed by atoms with Gasteiger partial charge in [0.2, 0.25) is 0 Å². The summed E-state index contributed by atoms with van der Waals surface area (Å²) in [6.45, 7) is 7.26. The molecule has 0 unspecified atom stereocenters. The summed E-state index contributed by atoms with van der Waals surface area (Å²) in [5.74, 6) is 1.35. The number of aliphatic hydroxyl groups is 1. The third kappa shape index (κ3) is 4.32. The molecule has 1 aliphatic heterocycles. The van der Waals surface area contributed by atoms with Gasteiger partial charge in [-0.15, -0.1) is 0 Å². The number of piperidine rings is 1. The van der Waals surface area contributed by atoms with Crippen molar-refractivity contribution in [3.8, 4) is 0 Å². The van der Waals surface area contributed by atoms with E-state index in [1.807, 2.05) is 18.7 Å². The van der Waals surface area contributed by atoms with Crippen LogP contribution in [0.25, 0.3) is 0 Å². The zero-order valence-corrected chi connectivity index (χ0v) is 14.1. The smallest absolute Gasteiger partial charge is 0.276 e. The minimum Gasteiger partial charge on any atom is -0.393 e. The quantitative estimate of drug-likeness (QED) is 0.866. The standard InChI is InChI=1S/C17H27N3O3/c1-12(2)20(10-13-3-4-13)17(22)16-9-15(23-18-16)11-19-7-5-14(21)6-8-19/h9,12-14,21H,3-8,10-11H2,1-2H3. The lowest BCUT2D eigenvalue weighted by molar-refractivity contribution is 0.0682. The van der Waals surface area contributed by atoms with Crippen LogP contribution >= 0.6 is 0 Å². The lowest BCUT2D eigenvalue weighted by Crippen LogP contribution is -2.38. The minimum absolute atomic E-state index is 0.0315. The molecule has 6 heteroatoms. The van der Waals surface area contributed by atoms with Crippen molar-refractivity contribution in [2.75, 3.05) is 19.6 Å². The second-order valence-electron chi connectivity index (χ2n) is 7.18. The summed E-state index contributed by atoms with van der Waals surface area (Å²) in [5, 5.41) is 13.5. The number of aliphatic hydroxyl groups excluding tert-OH is 1. The van der Waals surface area contributed by atoms with Gasteiger partial charge in [0.1, 0.15) is 0 Å². The van der Waals surface area contributed by atoms with Crippen LogP contribution < -0.4 is 0 Å². The molecule has 1 aromatic heterocycles. The van der Waals surface area contributed by atoms with Gasteiger partial charge < -0.3 is 14.5 Å². The van der Waals surface area contributed by atoms with E-state index in [-0.39, 0.29) is 18.1 Å². The van der Waals surface area contributed by atoms with Gasteiger partial charge in [-0.1, -0.05) is 5.16 Å². The fourth-order valence-electron chi connectivity index (χ4n) is 3.04. The molecule has 23 heavy (non-hydrogen) atoms. The highest BCUT2D eigenvalue weighted by atomic mass is 16.5. The zero-order chi connectivity index (χ0) is 16.4. The Morgan fingerprint density at radius 1 is 1.39 bits per heavy atom. The minimum atomic E-state index is -0.180. The number of hydrogen-bond donors (Lipinski definition) is 1. The van der Waals surface area contributed by atoms with Crippen LogP contribution in [0.4, 0.5) is 0 Å². The number of carbonyl (C=O) groups excluding carboxylic acids is 1. The first-order valence-corrected chi connectivity index (χ1v) is 8.70. The number of hydrogen-bond acceptors (Lipinski definition) is 5. The summed E-state index contributed by atoms with van der Waals surface area (Å²) in [4.78, 5) is 16.8. The summed E-state index contributed by atoms with van der Waals surface area (Å²) in [6.07, 6.45) is 3.85. The molecule has 1 N–H and O–H groups in total. The summed E-state index contributed by atoms with van der Waals surface area (Å²) >= 11 is 0. The summed E-state index contributed by atoms with van der Waals surface area (Å²) in [5.41, 5.74) is 0.409. The van der Waals surface area contributed by atoms with E-state index in [0.717, 1.165) is 38.2 Å². The summed E-state index contributed by atoms with van der Waals surface area (Å²) < 4.78 is 5.36. The number of rotatable bonds is 6. The molecule has 128 valence electrons. The van der Waals surface area contributed by atoms with Gasteiger partial charge in [-0.25, -0.2) is 0 Å². The average molecular weight is 321 g/mol. The Bertz CT molecular complexity index is 531. The molecular weight excluding hydrogens is 294 g/mol. The Morgan fingerprint density at radius 3 is 2.70 bits per heavy atom. The third-order valence-corrected chi connectivity index (χ3v) is 4.75. The van der Waals surface area contributed by atoms with Gasteiger partial charge >= 0.3 is 0 Å². The van der Waals surface area contributed by atoms with Crippen LogP contribution in [-0.4, -0.2) is 57.8 Å². The Labute approximate surface area is 137 Å². The van der Waals surface area contributed by atoms with E-state index in [9.17, 15) is 9.90 Å². The summed E-state index contributed by atoms with van der Waals surface area (Å²) in [7, 11) is 0. The topological polar surface area (TPSA) is 69.8 Å². The van der Waals surface area contributed by atoms with Crippen molar-refractivity contribution < 1.29 is 14.4 Å². The molecule has 6 nitrogen and oxygen atoms in total. The first-order valence-electron chi connectivity index (χ1n) is 8.70. The van der Waals surface area contributed by atoms with Crippen molar-refractivity contribution in [2.45, 2.75) is 58.2 Å². The van der Waals surface area contributed by atoms with Crippen LogP contribution in [0, 0.1) is 5.92 Å². The number of carbonyl (C=O) groups is 1. The molecule has 0 radical (unpaired) electrons. The van der Waals surface area contributed by atoms with Crippen molar-refractivity contribution in [1.82, 2.24) is 15.0 Å². The number of aromatic nitrogens is 1. The molecule has 2 aliphatic rings. The van der Waals surface area contributed by atoms with E-state index < -0.39 is 0 Å². The molecule has 1 aromatic rings. The molecule has 0 spiro atoms. The predicted molar refractivity (Wildman–Crippen MR) is 85.9 cm³/mol. The zero-order valence-electron chi connectivity index (χ0n) is 14.1. The molecule has 1 saturated heterocycles. The van der Waals surface area contributed by atoms with E-state index in [4.69, 9.17) is 4.52 Å². The molecule has 2 fully saturated rings. The average Bonchev–Trinajstić information content (AvgIpc) is 3.23. The van der Waals surface area contributed by atoms with Crippen molar-refractivity contribution in [3.63, 3.8) is 0 Å². The Morgan fingerprint density at radius 2 is 2.09 bits per heavy atom. The SMILES string of the molecule is CC(C)N(CC1CC1)C(=O)c1cc(CN2CCC(O)CC2)on1. The van der Waals surface area contributed by atoms with E-state index in [1.165, 1.54) is 12.8 Å². The molecule has 0 atom stereocenters. The largest absolute Gasteiger partial charge is 0.393 e. The van der Waals surface area contributed by atoms with E-state index in [1.54, 1.807) is 6.07 Å². The van der Waals surface area contributed by atoms with Gasteiger partial charge in [0.15, 0.2) is 11.5 Å². The van der Waals surface area contributed by atoms with E-state index >= 15 is 0 Å². The van der Waals surface area contributed by atoms with Crippen molar-refractivity contribution in [2.24, 2.45) is 5.92 Å². The molecule has 1 amide bonds. The summed E-state index contributed by atoms with van der Waals surface area (Å²) in [6, 6.07) is 1.95. The highest BCUT2D eigenvalue weighted by Crippen LogP contribution is 2.30. The van der Waals surface area contributed by atoms with Crippen LogP contribution in [-0.2, 0) is 6.54 Å². The van der Waals surface area contributed by atoms with Crippen molar-refractivity contribution in [3.05, 3.63) is 17.5 Å². The third-order valence-electron chi connectivity index (χ3n) is 4.75. The molecule has 3 rings (SSSR count). The Kier molecular flexibility index (Phi) is 5.02. The van der Waals surface area contributed by atoms with Gasteiger partial charge in [-0.2, -0.15) is 0 Å². The van der Waals surface area contributed by atoms with Gasteiger partial charge in [0, 0.05) is 31.7 Å². The maximum atomic E-state index is 12.7. The van der Waals surface area contributed by atoms with Gasteiger partial charge in [0.25, 0.3) is 5.91 Å². The molecule has 0 aromatic carbocycles. The fourth-order valence-corrected chi connectivity index (χ4v) is 3.04. The van der Waals surface area contributed by atoms with Crippen LogP contribution in [0.15, 0.2) is 10.6 Å². The maximum absolute atomic E-state index is 12.7. The normalized spacial score (nSPS) is 20.2. The Hall–Kier alpha value is -1.40. The monoisotopic (exact) mass is 321 g/mol. The van der Waals surface area contributed by atoms with Crippen LogP contribution in [0.3, 0.4) is 0 Å². The maximum Gasteiger partial charge on any atom is 0.276 e. The molecular formula is C17H27N3O3.